The van der Waals surface area contributed by atoms with Crippen LogP contribution in [0.3, 0.4) is 0 Å². The van der Waals surface area contributed by atoms with Gasteiger partial charge < -0.3 is 4.74 Å². The first-order chi connectivity index (χ1) is 17.8. The molecule has 0 amide bonds. The molecule has 1 heterocycles. The van der Waals surface area contributed by atoms with E-state index in [0.29, 0.717) is 6.10 Å². The molecular weight excluding hydrogens is 436 g/mol. The maximum Gasteiger partial charge on any atom is 0.0840 e. The van der Waals surface area contributed by atoms with Crippen molar-refractivity contribution in [3.8, 4) is 0 Å². The van der Waals surface area contributed by atoms with Gasteiger partial charge >= 0.3 is 0 Å². The van der Waals surface area contributed by atoms with E-state index in [-0.39, 0.29) is 0 Å². The van der Waals surface area contributed by atoms with Crippen molar-refractivity contribution in [1.82, 2.24) is 0 Å². The number of hydrogen-bond acceptors (Lipinski definition) is 1. The van der Waals surface area contributed by atoms with E-state index in [2.05, 4.69) is 12.2 Å². The maximum absolute atomic E-state index is 5.80. The molecule has 8 aliphatic carbocycles. The van der Waals surface area contributed by atoms with Crippen molar-refractivity contribution in [3.63, 3.8) is 0 Å². The topological polar surface area (TPSA) is 12.5 Å². The van der Waals surface area contributed by atoms with Gasteiger partial charge in [-0.2, -0.15) is 0 Å². The lowest BCUT2D eigenvalue weighted by Gasteiger charge is -2.43. The molecular formula is C35H60O. The van der Waals surface area contributed by atoms with Crippen LogP contribution in [0.25, 0.3) is 0 Å². The van der Waals surface area contributed by atoms with Gasteiger partial charge in [0.2, 0.25) is 0 Å². The van der Waals surface area contributed by atoms with Crippen molar-refractivity contribution in [2.24, 2.45) is 88.8 Å². The summed E-state index contributed by atoms with van der Waals surface area (Å²) in [6, 6.07) is 0. The minimum absolute atomic E-state index is 0.696. The third kappa shape index (κ3) is 3.93. The Morgan fingerprint density at radius 1 is 0.500 bits per heavy atom. The second-order valence-electron chi connectivity index (χ2n) is 13.2. The van der Waals surface area contributed by atoms with Crippen LogP contribution in [-0.4, -0.2) is 12.7 Å². The van der Waals surface area contributed by atoms with Crippen molar-refractivity contribution in [1.29, 1.82) is 0 Å². The first kappa shape index (κ1) is 27.3. The number of hydrogen-bond donors (Lipinski definition) is 0. The molecule has 1 aliphatic heterocycles. The lowest BCUT2D eigenvalue weighted by molar-refractivity contribution is 0.0438. The Bertz CT molecular complexity index is 752. The summed E-state index contributed by atoms with van der Waals surface area (Å²) in [6.45, 7) is 17.1. The molecule has 16 unspecified atom stereocenters. The van der Waals surface area contributed by atoms with Crippen LogP contribution in [0, 0.1) is 88.8 Å². The molecule has 0 spiro atoms. The van der Waals surface area contributed by atoms with Gasteiger partial charge in [0.25, 0.3) is 0 Å². The van der Waals surface area contributed by atoms with Crippen molar-refractivity contribution in [3.05, 3.63) is 12.2 Å². The summed E-state index contributed by atoms with van der Waals surface area (Å²) < 4.78 is 5.80. The fourth-order valence-corrected chi connectivity index (χ4v) is 12.6. The zero-order chi connectivity index (χ0) is 25.7. The van der Waals surface area contributed by atoms with Crippen LogP contribution in [0.4, 0.5) is 0 Å². The van der Waals surface area contributed by atoms with E-state index in [4.69, 9.17) is 4.74 Å². The fraction of sp³-hybridized carbons (Fsp3) is 0.943. The monoisotopic (exact) mass is 496 g/mol. The van der Waals surface area contributed by atoms with Crippen LogP contribution in [0.15, 0.2) is 12.2 Å². The van der Waals surface area contributed by atoms with Crippen molar-refractivity contribution in [2.75, 3.05) is 6.61 Å². The van der Waals surface area contributed by atoms with Gasteiger partial charge in [-0.3, -0.25) is 0 Å². The molecule has 9 aliphatic rings. The van der Waals surface area contributed by atoms with Gasteiger partial charge in [0.15, 0.2) is 0 Å². The molecule has 9 rings (SSSR count). The SMILES string of the molecule is C1=CC2CC1C1C3CC(CC4CC5CC4C4C6CC(CC6C6CO6)C54)C(C3)C21.CC.CC.CC.CC. The normalized spacial score (nSPS) is 55.9. The second-order valence-corrected chi connectivity index (χ2v) is 13.2. The van der Waals surface area contributed by atoms with Crippen LogP contribution in [0.1, 0.15) is 107 Å². The van der Waals surface area contributed by atoms with E-state index in [1.807, 2.05) is 55.4 Å². The molecule has 1 nitrogen and oxygen atoms in total. The zero-order valence-electron chi connectivity index (χ0n) is 25.2. The van der Waals surface area contributed by atoms with Crippen LogP contribution in [-0.2, 0) is 4.74 Å². The molecule has 0 aromatic heterocycles. The molecule has 7 saturated carbocycles. The molecule has 206 valence electrons. The van der Waals surface area contributed by atoms with Crippen LogP contribution in [0.5, 0.6) is 0 Å². The molecule has 1 saturated heterocycles. The average Bonchev–Trinajstić information content (AvgIpc) is 3.67. The number of epoxide rings is 1. The molecule has 8 fully saturated rings. The lowest BCUT2D eigenvalue weighted by atomic mass is 9.61. The third-order valence-electron chi connectivity index (χ3n) is 12.9. The van der Waals surface area contributed by atoms with Gasteiger partial charge in [-0.1, -0.05) is 67.5 Å². The lowest BCUT2D eigenvalue weighted by Crippen LogP contribution is -2.39. The van der Waals surface area contributed by atoms with E-state index in [1.54, 1.807) is 51.4 Å². The Morgan fingerprint density at radius 2 is 0.972 bits per heavy atom. The molecule has 8 bridgehead atoms. The van der Waals surface area contributed by atoms with E-state index >= 15 is 0 Å². The smallest absolute Gasteiger partial charge is 0.0840 e. The quantitative estimate of drug-likeness (QED) is 0.215. The Hall–Kier alpha value is -0.300. The highest BCUT2D eigenvalue weighted by Gasteiger charge is 2.67. The van der Waals surface area contributed by atoms with E-state index in [0.717, 1.165) is 89.5 Å². The van der Waals surface area contributed by atoms with E-state index in [1.165, 1.54) is 5.92 Å². The summed E-state index contributed by atoms with van der Waals surface area (Å²) in [4.78, 5) is 0. The first-order valence-electron chi connectivity index (χ1n) is 17.1. The first-order valence-corrected chi connectivity index (χ1v) is 17.1. The predicted octanol–water partition coefficient (Wildman–Crippen LogP) is 9.52. The van der Waals surface area contributed by atoms with Crippen LogP contribution < -0.4 is 0 Å². The van der Waals surface area contributed by atoms with Crippen LogP contribution >= 0.6 is 0 Å². The summed E-state index contributed by atoms with van der Waals surface area (Å²) in [5.74, 6) is 16.6. The fourth-order valence-electron chi connectivity index (χ4n) is 12.6. The van der Waals surface area contributed by atoms with Crippen molar-refractivity contribution >= 4 is 0 Å². The number of fused-ring (bicyclic) bond motifs is 18. The summed E-state index contributed by atoms with van der Waals surface area (Å²) in [7, 11) is 0. The van der Waals surface area contributed by atoms with Gasteiger partial charge in [0.05, 0.1) is 12.7 Å². The highest BCUT2D eigenvalue weighted by Crippen LogP contribution is 2.73. The van der Waals surface area contributed by atoms with Crippen LogP contribution in [0.2, 0.25) is 0 Å². The molecule has 0 radical (unpaired) electrons. The van der Waals surface area contributed by atoms with E-state index < -0.39 is 0 Å². The van der Waals surface area contributed by atoms with Gasteiger partial charge in [-0.05, 0) is 140 Å². The highest BCUT2D eigenvalue weighted by molar-refractivity contribution is 5.21. The standard InChI is InChI=1S/C27H36O.4C2H6/c1-2-13-3-12(1)24-16-5-14(19(7-16)26(13)24)4-15-6-17-8-20(15)27-22-10-18(25(17)27)9-21(22)23-11-28-23;4*1-2/h1-2,12-27H,3-11H2;4*1-2H3. The predicted molar refractivity (Wildman–Crippen MR) is 154 cm³/mol. The number of allylic oxidation sites excluding steroid dienone is 2. The minimum Gasteiger partial charge on any atom is -0.373 e. The van der Waals surface area contributed by atoms with Gasteiger partial charge in [0, 0.05) is 0 Å². The Morgan fingerprint density at radius 3 is 1.58 bits per heavy atom. The molecule has 0 N–H and O–H groups in total. The van der Waals surface area contributed by atoms with Crippen molar-refractivity contribution in [2.45, 2.75) is 113 Å². The number of rotatable bonds is 3. The average molecular weight is 497 g/mol. The summed E-state index contributed by atoms with van der Waals surface area (Å²) in [6.07, 6.45) is 18.9. The summed E-state index contributed by atoms with van der Waals surface area (Å²) in [5, 5.41) is 0. The van der Waals surface area contributed by atoms with Gasteiger partial charge in [-0.15, -0.1) is 0 Å². The Kier molecular flexibility index (Phi) is 8.38. The van der Waals surface area contributed by atoms with Gasteiger partial charge in [-0.25, -0.2) is 0 Å². The Labute approximate surface area is 225 Å². The maximum atomic E-state index is 5.80. The largest absolute Gasteiger partial charge is 0.373 e. The molecule has 0 aromatic carbocycles. The summed E-state index contributed by atoms with van der Waals surface area (Å²) in [5.41, 5.74) is 0. The highest BCUT2D eigenvalue weighted by atomic mass is 16.6. The zero-order valence-corrected chi connectivity index (χ0v) is 25.2. The Balaban J connectivity index is 0.000000308. The molecule has 36 heavy (non-hydrogen) atoms. The molecule has 16 atom stereocenters. The third-order valence-corrected chi connectivity index (χ3v) is 12.9. The van der Waals surface area contributed by atoms with Crippen molar-refractivity contribution < 1.29 is 4.74 Å². The molecule has 0 aromatic rings. The summed E-state index contributed by atoms with van der Waals surface area (Å²) >= 11 is 0. The second kappa shape index (κ2) is 11.1. The minimum atomic E-state index is 0.696. The number of ether oxygens (including phenoxy) is 1. The van der Waals surface area contributed by atoms with Gasteiger partial charge in [0.1, 0.15) is 0 Å². The molecule has 1 heteroatoms. The van der Waals surface area contributed by atoms with E-state index in [9.17, 15) is 0 Å².